The summed E-state index contributed by atoms with van der Waals surface area (Å²) in [5, 5.41) is 0. The fourth-order valence-corrected chi connectivity index (χ4v) is 2.20. The van der Waals surface area contributed by atoms with Crippen LogP contribution in [0.3, 0.4) is 0 Å². The largest absolute Gasteiger partial charge is 0.417 e. The van der Waals surface area contributed by atoms with Crippen molar-refractivity contribution < 1.29 is 22.2 Å². The highest BCUT2D eigenvalue weighted by molar-refractivity contribution is 7.75. The molecule has 7 nitrogen and oxygen atoms in total. The van der Waals surface area contributed by atoms with Crippen LogP contribution in [0.15, 0.2) is 30.2 Å². The van der Waals surface area contributed by atoms with Crippen molar-refractivity contribution in [3.63, 3.8) is 0 Å². The third-order valence-corrected chi connectivity index (χ3v) is 3.09. The highest BCUT2D eigenvalue weighted by Gasteiger charge is 2.22. The molecule has 8 heteroatoms. The van der Waals surface area contributed by atoms with Gasteiger partial charge in [-0.15, -0.1) is 0 Å². The molecule has 1 aromatic carbocycles. The van der Waals surface area contributed by atoms with Gasteiger partial charge in [0.05, 0.1) is 0 Å². The van der Waals surface area contributed by atoms with Gasteiger partial charge in [-0.25, -0.2) is 0 Å². The molecule has 2 amide bonds. The minimum absolute atomic E-state index is 0.0309. The van der Waals surface area contributed by atoms with E-state index in [1.54, 1.807) is 0 Å². The Labute approximate surface area is 111 Å². The maximum atomic E-state index is 11.4. The van der Waals surface area contributed by atoms with Crippen LogP contribution in [-0.4, -0.2) is 16.0 Å². The molecule has 1 unspecified atom stereocenters. The summed E-state index contributed by atoms with van der Waals surface area (Å²) in [5.74, 6) is -1.17. The summed E-state index contributed by atoms with van der Waals surface area (Å²) in [7, 11) is 0. The smallest absolute Gasteiger partial charge is 0.375 e. The van der Waals surface area contributed by atoms with Gasteiger partial charge in [0.1, 0.15) is 6.26 Å². The Balaban J connectivity index is 2.43. The van der Waals surface area contributed by atoms with Crippen LogP contribution in [0.4, 0.5) is 0 Å². The second kappa shape index (κ2) is 5.11. The molecule has 0 bridgehead atoms. The molecule has 100 valence electrons. The Bertz CT molecular complexity index is 579. The van der Waals surface area contributed by atoms with Crippen molar-refractivity contribution in [2.24, 2.45) is 11.5 Å². The number of hydrogen-bond acceptors (Lipinski definition) is 5. The van der Waals surface area contributed by atoms with Crippen molar-refractivity contribution in [3.8, 4) is 0 Å². The summed E-state index contributed by atoms with van der Waals surface area (Å²) in [6.45, 7) is 0. The number of carbonyl (C=O) groups excluding carboxylic acids is 2. The lowest BCUT2D eigenvalue weighted by atomic mass is 9.96. The lowest BCUT2D eigenvalue weighted by Gasteiger charge is -2.10. The number of hydrogen-bond donors (Lipinski definition) is 2. The van der Waals surface area contributed by atoms with Crippen molar-refractivity contribution in [2.45, 2.75) is 6.42 Å². The van der Waals surface area contributed by atoms with E-state index in [4.69, 9.17) is 15.7 Å². The third-order valence-electron chi connectivity index (χ3n) is 2.49. The van der Waals surface area contributed by atoms with Gasteiger partial charge in [0.2, 0.25) is 11.8 Å². The van der Waals surface area contributed by atoms with Crippen LogP contribution >= 0.6 is 0 Å². The fourth-order valence-electron chi connectivity index (χ4n) is 1.70. The van der Waals surface area contributed by atoms with Gasteiger partial charge in [0, 0.05) is 17.5 Å². The maximum Gasteiger partial charge on any atom is 0.417 e. The standard InChI is InChI=1S/C11H10N2O5S/c12-10(14)7-2-1-3-8(11(13)15)9(7)4-6-5-17-19(16)18-6/h1-3,5H,4H2,(H2,12,14)(H2,13,15). The van der Waals surface area contributed by atoms with E-state index < -0.39 is 23.2 Å². The molecular weight excluding hydrogens is 272 g/mol. The molecule has 0 saturated heterocycles. The summed E-state index contributed by atoms with van der Waals surface area (Å²) in [5.41, 5.74) is 11.1. The third kappa shape index (κ3) is 2.74. The number of allylic oxidation sites excluding steroid dienone is 1. The number of amides is 2. The minimum Gasteiger partial charge on any atom is -0.375 e. The highest BCUT2D eigenvalue weighted by Crippen LogP contribution is 2.22. The Morgan fingerprint density at radius 1 is 1.16 bits per heavy atom. The topological polar surface area (TPSA) is 122 Å². The molecule has 1 aromatic rings. The Morgan fingerprint density at radius 2 is 1.74 bits per heavy atom. The van der Waals surface area contributed by atoms with E-state index >= 15 is 0 Å². The number of carbonyl (C=O) groups is 2. The molecule has 0 saturated carbocycles. The zero-order chi connectivity index (χ0) is 14.0. The van der Waals surface area contributed by atoms with Crippen LogP contribution in [0, 0.1) is 0 Å². The molecule has 0 aliphatic carbocycles. The Morgan fingerprint density at radius 3 is 2.16 bits per heavy atom. The summed E-state index contributed by atoms with van der Waals surface area (Å²) < 4.78 is 20.3. The van der Waals surface area contributed by atoms with Crippen molar-refractivity contribution >= 4 is 23.2 Å². The molecule has 1 aliphatic heterocycles. The van der Waals surface area contributed by atoms with Gasteiger partial charge in [-0.2, -0.15) is 4.21 Å². The predicted octanol–water partition coefficient (Wildman–Crippen LogP) is -0.106. The first-order chi connectivity index (χ1) is 8.99. The van der Waals surface area contributed by atoms with Crippen LogP contribution in [0.2, 0.25) is 0 Å². The van der Waals surface area contributed by atoms with Crippen LogP contribution in [0.1, 0.15) is 26.3 Å². The van der Waals surface area contributed by atoms with Gasteiger partial charge in [0.25, 0.3) is 0 Å². The predicted molar refractivity (Wildman–Crippen MR) is 65.6 cm³/mol. The molecular formula is C11H10N2O5S. The van der Waals surface area contributed by atoms with E-state index in [1.165, 1.54) is 18.2 Å². The van der Waals surface area contributed by atoms with E-state index in [2.05, 4.69) is 4.18 Å². The van der Waals surface area contributed by atoms with Crippen molar-refractivity contribution in [1.29, 1.82) is 0 Å². The quantitative estimate of drug-likeness (QED) is 0.798. The first kappa shape index (κ1) is 13.1. The van der Waals surface area contributed by atoms with E-state index in [1.807, 2.05) is 0 Å². The normalized spacial score (nSPS) is 17.3. The molecule has 4 N–H and O–H groups in total. The first-order valence-corrected chi connectivity index (χ1v) is 6.17. The number of primary amides is 2. The average Bonchev–Trinajstić information content (AvgIpc) is 2.74. The van der Waals surface area contributed by atoms with Gasteiger partial charge >= 0.3 is 11.4 Å². The molecule has 1 aliphatic rings. The number of nitrogens with two attached hydrogens (primary N) is 2. The Hall–Kier alpha value is -2.35. The van der Waals surface area contributed by atoms with Crippen LogP contribution < -0.4 is 11.5 Å². The molecule has 1 heterocycles. The summed E-state index contributed by atoms with van der Waals surface area (Å²) >= 11 is -1.89. The molecule has 2 rings (SSSR count). The summed E-state index contributed by atoms with van der Waals surface area (Å²) in [4.78, 5) is 22.7. The van der Waals surface area contributed by atoms with Crippen LogP contribution in [-0.2, 0) is 26.1 Å². The maximum absolute atomic E-state index is 11.4. The van der Waals surface area contributed by atoms with Gasteiger partial charge in [-0.05, 0) is 17.7 Å². The van der Waals surface area contributed by atoms with Gasteiger partial charge < -0.3 is 19.8 Å². The first-order valence-electron chi connectivity index (χ1n) is 5.17. The van der Waals surface area contributed by atoms with Crippen molar-refractivity contribution in [1.82, 2.24) is 0 Å². The van der Waals surface area contributed by atoms with E-state index in [-0.39, 0.29) is 23.3 Å². The van der Waals surface area contributed by atoms with Crippen LogP contribution in [0.25, 0.3) is 0 Å². The molecule has 0 aromatic heterocycles. The Kier molecular flexibility index (Phi) is 3.52. The van der Waals surface area contributed by atoms with E-state index in [0.29, 0.717) is 5.56 Å². The van der Waals surface area contributed by atoms with Gasteiger partial charge in [-0.3, -0.25) is 9.59 Å². The zero-order valence-electron chi connectivity index (χ0n) is 9.62. The molecule has 0 fully saturated rings. The lowest BCUT2D eigenvalue weighted by Crippen LogP contribution is -2.20. The second-order valence-corrected chi connectivity index (χ2v) is 4.47. The van der Waals surface area contributed by atoms with Crippen LogP contribution in [0.5, 0.6) is 0 Å². The average molecular weight is 282 g/mol. The number of benzene rings is 1. The fraction of sp³-hybridized carbons (Fsp3) is 0.0909. The highest BCUT2D eigenvalue weighted by atomic mass is 32.2. The minimum atomic E-state index is -1.89. The van der Waals surface area contributed by atoms with E-state index in [9.17, 15) is 13.8 Å². The monoisotopic (exact) mass is 282 g/mol. The zero-order valence-corrected chi connectivity index (χ0v) is 10.4. The van der Waals surface area contributed by atoms with Crippen molar-refractivity contribution in [2.75, 3.05) is 0 Å². The lowest BCUT2D eigenvalue weighted by molar-refractivity contribution is 0.0999. The molecule has 0 spiro atoms. The SMILES string of the molecule is NC(=O)c1cccc(C(N)=O)c1CC1=COS(=O)O1. The number of rotatable bonds is 4. The van der Waals surface area contributed by atoms with E-state index in [0.717, 1.165) is 6.26 Å². The molecule has 0 radical (unpaired) electrons. The summed E-state index contributed by atoms with van der Waals surface area (Å²) in [6.07, 6.45) is 1.18. The molecule has 19 heavy (non-hydrogen) atoms. The molecule has 1 atom stereocenters. The van der Waals surface area contributed by atoms with Gasteiger partial charge in [-0.1, -0.05) is 6.07 Å². The van der Waals surface area contributed by atoms with Gasteiger partial charge in [0.15, 0.2) is 5.76 Å². The van der Waals surface area contributed by atoms with Crippen molar-refractivity contribution in [3.05, 3.63) is 46.9 Å². The summed E-state index contributed by atoms with van der Waals surface area (Å²) in [6, 6.07) is 4.44. The second-order valence-electron chi connectivity index (χ2n) is 3.70.